The SMILES string of the molecule is O=c1[nH]cccc1C(O)c1cc(F)ccc1-c1cnc2nc(COc3ccccn3)cn2c1. The van der Waals surface area contributed by atoms with E-state index in [9.17, 15) is 14.3 Å². The normalized spacial score (nSPS) is 12.1. The van der Waals surface area contributed by atoms with Crippen molar-refractivity contribution >= 4 is 5.78 Å². The van der Waals surface area contributed by atoms with E-state index < -0.39 is 17.5 Å². The van der Waals surface area contributed by atoms with Crippen LogP contribution in [0.1, 0.15) is 22.9 Å². The molecule has 0 fully saturated rings. The van der Waals surface area contributed by atoms with Gasteiger partial charge >= 0.3 is 0 Å². The molecule has 0 aliphatic rings. The molecule has 1 aromatic carbocycles. The molecule has 1 unspecified atom stereocenters. The van der Waals surface area contributed by atoms with E-state index in [4.69, 9.17) is 4.74 Å². The van der Waals surface area contributed by atoms with Crippen molar-refractivity contribution in [2.75, 3.05) is 0 Å². The topological polar surface area (TPSA) is 105 Å². The summed E-state index contributed by atoms with van der Waals surface area (Å²) in [7, 11) is 0. The quantitative estimate of drug-likeness (QED) is 0.417. The van der Waals surface area contributed by atoms with E-state index in [0.717, 1.165) is 0 Å². The Hall–Kier alpha value is -4.37. The van der Waals surface area contributed by atoms with Gasteiger partial charge in [0.1, 0.15) is 18.5 Å². The number of aliphatic hydroxyl groups excluding tert-OH is 1. The second kappa shape index (κ2) is 8.64. The van der Waals surface area contributed by atoms with Crippen LogP contribution in [0.3, 0.4) is 0 Å². The van der Waals surface area contributed by atoms with Gasteiger partial charge in [-0.05, 0) is 41.5 Å². The van der Waals surface area contributed by atoms with Gasteiger partial charge in [-0.2, -0.15) is 0 Å². The molecule has 1 atom stereocenters. The van der Waals surface area contributed by atoms with Gasteiger partial charge in [0.25, 0.3) is 5.56 Å². The number of hydrogen-bond acceptors (Lipinski definition) is 6. The smallest absolute Gasteiger partial charge is 0.254 e. The van der Waals surface area contributed by atoms with Gasteiger partial charge in [-0.15, -0.1) is 0 Å². The Bertz CT molecular complexity index is 1480. The molecule has 5 aromatic rings. The summed E-state index contributed by atoms with van der Waals surface area (Å²) in [6.07, 6.45) is 6.93. The second-order valence-electron chi connectivity index (χ2n) is 7.33. The van der Waals surface area contributed by atoms with E-state index in [1.54, 1.807) is 53.5 Å². The Balaban J connectivity index is 1.49. The van der Waals surface area contributed by atoms with Crippen LogP contribution in [0.2, 0.25) is 0 Å². The van der Waals surface area contributed by atoms with E-state index in [1.165, 1.54) is 24.4 Å². The number of hydrogen-bond donors (Lipinski definition) is 2. The van der Waals surface area contributed by atoms with E-state index in [1.807, 2.05) is 6.07 Å². The van der Waals surface area contributed by atoms with Crippen molar-refractivity contribution in [2.24, 2.45) is 0 Å². The Labute approximate surface area is 187 Å². The molecule has 0 aliphatic heterocycles. The maximum Gasteiger partial charge on any atom is 0.254 e. The van der Waals surface area contributed by atoms with Gasteiger partial charge in [0.2, 0.25) is 11.7 Å². The molecule has 9 heteroatoms. The molecule has 8 nitrogen and oxygen atoms in total. The fourth-order valence-corrected chi connectivity index (χ4v) is 3.56. The average molecular weight is 443 g/mol. The maximum atomic E-state index is 14.1. The summed E-state index contributed by atoms with van der Waals surface area (Å²) < 4.78 is 21.4. The predicted molar refractivity (Wildman–Crippen MR) is 118 cm³/mol. The average Bonchev–Trinajstić information content (AvgIpc) is 3.25. The summed E-state index contributed by atoms with van der Waals surface area (Å²) in [5.74, 6) is 0.428. The van der Waals surface area contributed by atoms with E-state index in [0.29, 0.717) is 28.5 Å². The number of aromatic nitrogens is 5. The van der Waals surface area contributed by atoms with Gasteiger partial charge in [0.05, 0.1) is 11.3 Å². The summed E-state index contributed by atoms with van der Waals surface area (Å²) in [6.45, 7) is 0.215. The zero-order chi connectivity index (χ0) is 22.8. The number of aromatic amines is 1. The Morgan fingerprint density at radius 2 is 2.00 bits per heavy atom. The Morgan fingerprint density at radius 3 is 2.82 bits per heavy atom. The highest BCUT2D eigenvalue weighted by Crippen LogP contribution is 2.31. The number of imidazole rings is 1. The maximum absolute atomic E-state index is 14.1. The standard InChI is InChI=1S/C24H18FN5O3/c25-16-6-7-18(20(10-16)22(31)19-4-3-9-27-23(19)32)15-11-28-24-29-17(13-30(24)12-15)14-33-21-5-1-2-8-26-21/h1-13,22,31H,14H2,(H,27,32). The lowest BCUT2D eigenvalue weighted by molar-refractivity contribution is 0.218. The van der Waals surface area contributed by atoms with Crippen LogP contribution >= 0.6 is 0 Å². The molecule has 0 spiro atoms. The first-order valence-corrected chi connectivity index (χ1v) is 10.1. The van der Waals surface area contributed by atoms with Crippen LogP contribution in [-0.4, -0.2) is 29.4 Å². The highest BCUT2D eigenvalue weighted by Gasteiger charge is 2.20. The summed E-state index contributed by atoms with van der Waals surface area (Å²) in [4.78, 5) is 27.6. The molecule has 0 radical (unpaired) electrons. The molecule has 4 aromatic heterocycles. The van der Waals surface area contributed by atoms with Gasteiger partial charge in [-0.3, -0.25) is 9.20 Å². The van der Waals surface area contributed by atoms with Crippen LogP contribution in [0.4, 0.5) is 4.39 Å². The number of halogens is 1. The number of aliphatic hydroxyl groups is 1. The van der Waals surface area contributed by atoms with Crippen molar-refractivity contribution in [3.05, 3.63) is 113 Å². The van der Waals surface area contributed by atoms with Crippen molar-refractivity contribution in [3.8, 4) is 17.0 Å². The third-order valence-corrected chi connectivity index (χ3v) is 5.13. The molecule has 5 rings (SSSR count). The first-order valence-electron chi connectivity index (χ1n) is 10.1. The minimum absolute atomic E-state index is 0.120. The number of benzene rings is 1. The number of H-pyrrole nitrogens is 1. The first kappa shape index (κ1) is 20.5. The molecule has 2 N–H and O–H groups in total. The zero-order valence-corrected chi connectivity index (χ0v) is 17.2. The third-order valence-electron chi connectivity index (χ3n) is 5.13. The van der Waals surface area contributed by atoms with Crippen molar-refractivity contribution in [1.29, 1.82) is 0 Å². The molecular formula is C24H18FN5O3. The van der Waals surface area contributed by atoms with Gasteiger partial charge in [-0.25, -0.2) is 19.3 Å². The Morgan fingerprint density at radius 1 is 1.09 bits per heavy atom. The zero-order valence-electron chi connectivity index (χ0n) is 17.2. The van der Waals surface area contributed by atoms with Crippen LogP contribution in [0.15, 0.2) is 84.3 Å². The fraction of sp³-hybridized carbons (Fsp3) is 0.0833. The van der Waals surface area contributed by atoms with E-state index >= 15 is 0 Å². The number of ether oxygens (including phenoxy) is 1. The number of rotatable bonds is 6. The minimum Gasteiger partial charge on any atom is -0.471 e. The number of nitrogens with one attached hydrogen (secondary N) is 1. The van der Waals surface area contributed by atoms with Crippen LogP contribution in [0.25, 0.3) is 16.9 Å². The molecule has 0 amide bonds. The van der Waals surface area contributed by atoms with Crippen molar-refractivity contribution in [2.45, 2.75) is 12.7 Å². The predicted octanol–water partition coefficient (Wildman–Crippen LogP) is 3.28. The summed E-state index contributed by atoms with van der Waals surface area (Å²) in [6, 6.07) is 12.6. The van der Waals surface area contributed by atoms with E-state index in [-0.39, 0.29) is 17.7 Å². The summed E-state index contributed by atoms with van der Waals surface area (Å²) in [5, 5.41) is 10.9. The molecule has 4 heterocycles. The molecule has 0 saturated carbocycles. The Kier molecular flexibility index (Phi) is 5.37. The van der Waals surface area contributed by atoms with Gasteiger partial charge < -0.3 is 14.8 Å². The number of fused-ring (bicyclic) bond motifs is 1. The van der Waals surface area contributed by atoms with Crippen molar-refractivity contribution < 1.29 is 14.2 Å². The highest BCUT2D eigenvalue weighted by molar-refractivity contribution is 5.68. The molecule has 33 heavy (non-hydrogen) atoms. The third kappa shape index (κ3) is 4.21. The van der Waals surface area contributed by atoms with Crippen LogP contribution in [0, 0.1) is 5.82 Å². The van der Waals surface area contributed by atoms with Crippen molar-refractivity contribution in [1.82, 2.24) is 24.3 Å². The summed E-state index contributed by atoms with van der Waals surface area (Å²) in [5.41, 5.74) is 1.75. The largest absolute Gasteiger partial charge is 0.471 e. The van der Waals surface area contributed by atoms with Gasteiger partial charge in [0.15, 0.2) is 0 Å². The lowest BCUT2D eigenvalue weighted by atomic mass is 9.94. The van der Waals surface area contributed by atoms with E-state index in [2.05, 4.69) is 19.9 Å². The number of nitrogens with zero attached hydrogens (tertiary/aromatic N) is 4. The lowest BCUT2D eigenvalue weighted by Gasteiger charge is -2.16. The first-order chi connectivity index (χ1) is 16.1. The molecule has 0 bridgehead atoms. The molecule has 0 aliphatic carbocycles. The van der Waals surface area contributed by atoms with Crippen LogP contribution < -0.4 is 10.3 Å². The highest BCUT2D eigenvalue weighted by atomic mass is 19.1. The monoisotopic (exact) mass is 443 g/mol. The fourth-order valence-electron chi connectivity index (χ4n) is 3.56. The van der Waals surface area contributed by atoms with Gasteiger partial charge in [0, 0.05) is 42.6 Å². The molecule has 164 valence electrons. The van der Waals surface area contributed by atoms with Crippen molar-refractivity contribution in [3.63, 3.8) is 0 Å². The van der Waals surface area contributed by atoms with Crippen LogP contribution in [0.5, 0.6) is 5.88 Å². The summed E-state index contributed by atoms with van der Waals surface area (Å²) >= 11 is 0. The molecule has 0 saturated heterocycles. The molecular weight excluding hydrogens is 425 g/mol. The second-order valence-corrected chi connectivity index (χ2v) is 7.33. The minimum atomic E-state index is -1.32. The number of pyridine rings is 2. The van der Waals surface area contributed by atoms with Gasteiger partial charge in [-0.1, -0.05) is 12.1 Å². The lowest BCUT2D eigenvalue weighted by Crippen LogP contribution is -2.16. The van der Waals surface area contributed by atoms with Crippen LogP contribution in [-0.2, 0) is 6.61 Å².